The highest BCUT2D eigenvalue weighted by Gasteiger charge is 2.14. The molecule has 0 spiro atoms. The van der Waals surface area contributed by atoms with Crippen LogP contribution in [0.25, 0.3) is 11.0 Å². The number of halogens is 1. The summed E-state index contributed by atoms with van der Waals surface area (Å²) in [6.07, 6.45) is 1.94. The van der Waals surface area contributed by atoms with Gasteiger partial charge in [0.1, 0.15) is 18.2 Å². The number of para-hydroxylation sites is 2. The normalized spacial score (nSPS) is 13.2. The highest BCUT2D eigenvalue weighted by atomic mass is 19.1. The summed E-state index contributed by atoms with van der Waals surface area (Å²) in [6, 6.07) is 22.5. The van der Waals surface area contributed by atoms with E-state index < -0.39 is 11.9 Å². The number of rotatable bonds is 11. The molecule has 6 heteroatoms. The lowest BCUT2D eigenvalue weighted by atomic mass is 10.1. The number of nitrogens with one attached hydrogen (secondary N) is 1. The molecule has 0 saturated carbocycles. The third kappa shape index (κ3) is 6.18. The lowest BCUT2D eigenvalue weighted by molar-refractivity contribution is 0.168. The van der Waals surface area contributed by atoms with Gasteiger partial charge in [-0.1, -0.05) is 49.4 Å². The summed E-state index contributed by atoms with van der Waals surface area (Å²) >= 11 is 0. The molecule has 0 bridgehead atoms. The number of aliphatic hydroxyl groups is 1. The second-order valence-electron chi connectivity index (χ2n) is 8.45. The zero-order valence-corrected chi connectivity index (χ0v) is 18.8. The van der Waals surface area contributed by atoms with Crippen molar-refractivity contribution in [3.05, 3.63) is 96.1 Å². The fourth-order valence-corrected chi connectivity index (χ4v) is 3.84. The Balaban J connectivity index is 1.21. The largest absolute Gasteiger partial charge is 0.489 e. The molecule has 0 fully saturated rings. The van der Waals surface area contributed by atoms with Crippen molar-refractivity contribution in [2.75, 3.05) is 13.1 Å². The Morgan fingerprint density at radius 2 is 1.82 bits per heavy atom. The number of fused-ring (bicyclic) bond motifs is 1. The quantitative estimate of drug-likeness (QED) is 0.336. The molecule has 4 rings (SSSR count). The van der Waals surface area contributed by atoms with E-state index in [1.165, 1.54) is 6.07 Å². The summed E-state index contributed by atoms with van der Waals surface area (Å²) in [5, 5.41) is 13.7. The number of hydrogen-bond acceptors (Lipinski definition) is 4. The SMILES string of the molecule is CC(CCn1cnc2ccccc21)CNCC(O)c1ccc(OCc2ccccc2)cc1F. The molecule has 0 aliphatic heterocycles. The van der Waals surface area contributed by atoms with Crippen LogP contribution in [0.1, 0.15) is 30.6 Å². The van der Waals surface area contributed by atoms with Gasteiger partial charge in [0.2, 0.25) is 0 Å². The monoisotopic (exact) mass is 447 g/mol. The van der Waals surface area contributed by atoms with Gasteiger partial charge in [0, 0.05) is 24.7 Å². The molecule has 1 heterocycles. The predicted octanol–water partition coefficient (Wildman–Crippen LogP) is 5.10. The zero-order chi connectivity index (χ0) is 23.0. The fraction of sp³-hybridized carbons (Fsp3) is 0.296. The molecule has 0 aliphatic carbocycles. The van der Waals surface area contributed by atoms with Crippen LogP contribution >= 0.6 is 0 Å². The average Bonchev–Trinajstić information content (AvgIpc) is 3.25. The number of hydrogen-bond donors (Lipinski definition) is 2. The van der Waals surface area contributed by atoms with Crippen molar-refractivity contribution >= 4 is 11.0 Å². The van der Waals surface area contributed by atoms with Gasteiger partial charge < -0.3 is 19.7 Å². The molecule has 172 valence electrons. The molecular formula is C27H30FN3O2. The summed E-state index contributed by atoms with van der Waals surface area (Å²) in [6.45, 7) is 4.45. The summed E-state index contributed by atoms with van der Waals surface area (Å²) in [7, 11) is 0. The van der Waals surface area contributed by atoms with Crippen molar-refractivity contribution < 1.29 is 14.2 Å². The Bertz CT molecular complexity index is 1160. The smallest absolute Gasteiger partial charge is 0.132 e. The Labute approximate surface area is 193 Å². The van der Waals surface area contributed by atoms with Crippen LogP contribution in [0.3, 0.4) is 0 Å². The number of imidazole rings is 1. The number of aryl methyl sites for hydroxylation is 1. The van der Waals surface area contributed by atoms with E-state index in [1.807, 2.05) is 54.9 Å². The summed E-state index contributed by atoms with van der Waals surface area (Å²) in [5.41, 5.74) is 3.43. The molecule has 1 aromatic heterocycles. The van der Waals surface area contributed by atoms with E-state index in [0.29, 0.717) is 24.8 Å². The first-order chi connectivity index (χ1) is 16.1. The third-order valence-corrected chi connectivity index (χ3v) is 5.80. The van der Waals surface area contributed by atoms with E-state index >= 15 is 0 Å². The maximum atomic E-state index is 14.5. The molecule has 0 amide bonds. The van der Waals surface area contributed by atoms with Crippen LogP contribution in [0.4, 0.5) is 4.39 Å². The number of ether oxygens (including phenoxy) is 1. The molecule has 0 saturated heterocycles. The van der Waals surface area contributed by atoms with Crippen LogP contribution in [0.2, 0.25) is 0 Å². The lowest BCUT2D eigenvalue weighted by Gasteiger charge is -2.17. The van der Waals surface area contributed by atoms with Crippen LogP contribution in [0.15, 0.2) is 79.1 Å². The van der Waals surface area contributed by atoms with Crippen molar-refractivity contribution in [1.82, 2.24) is 14.9 Å². The standard InChI is InChI=1S/C27H30FN3O2/c1-20(13-14-31-19-30-25-9-5-6-10-26(25)31)16-29-17-27(32)23-12-11-22(15-24(23)28)33-18-21-7-3-2-4-8-21/h2-12,15,19-20,27,29,32H,13-14,16-18H2,1H3. The van der Waals surface area contributed by atoms with Gasteiger partial charge >= 0.3 is 0 Å². The highest BCUT2D eigenvalue weighted by Crippen LogP contribution is 2.23. The number of aromatic nitrogens is 2. The van der Waals surface area contributed by atoms with E-state index in [4.69, 9.17) is 4.74 Å². The van der Waals surface area contributed by atoms with Crippen LogP contribution in [-0.4, -0.2) is 27.7 Å². The molecule has 2 atom stereocenters. The van der Waals surface area contributed by atoms with Crippen molar-refractivity contribution in [2.45, 2.75) is 32.6 Å². The number of aliphatic hydroxyl groups excluding tert-OH is 1. The first kappa shape index (κ1) is 23.0. The maximum absolute atomic E-state index is 14.5. The van der Waals surface area contributed by atoms with Gasteiger partial charge in [0.15, 0.2) is 0 Å². The molecular weight excluding hydrogens is 417 g/mol. The van der Waals surface area contributed by atoms with Crippen molar-refractivity contribution in [3.63, 3.8) is 0 Å². The second kappa shape index (κ2) is 11.1. The van der Waals surface area contributed by atoms with Gasteiger partial charge in [-0.05, 0) is 48.7 Å². The highest BCUT2D eigenvalue weighted by molar-refractivity contribution is 5.74. The van der Waals surface area contributed by atoms with E-state index in [-0.39, 0.29) is 5.56 Å². The Kier molecular flexibility index (Phi) is 7.70. The van der Waals surface area contributed by atoms with Crippen LogP contribution in [-0.2, 0) is 13.2 Å². The van der Waals surface area contributed by atoms with Gasteiger partial charge in [-0.15, -0.1) is 0 Å². The van der Waals surface area contributed by atoms with Gasteiger partial charge in [-0.25, -0.2) is 9.37 Å². The van der Waals surface area contributed by atoms with Gasteiger partial charge in [0.25, 0.3) is 0 Å². The minimum absolute atomic E-state index is 0.270. The second-order valence-corrected chi connectivity index (χ2v) is 8.45. The molecule has 2 unspecified atom stereocenters. The molecule has 33 heavy (non-hydrogen) atoms. The zero-order valence-electron chi connectivity index (χ0n) is 18.8. The molecule has 0 radical (unpaired) electrons. The Morgan fingerprint density at radius 3 is 2.64 bits per heavy atom. The van der Waals surface area contributed by atoms with Crippen LogP contribution in [0, 0.1) is 11.7 Å². The molecule has 3 aromatic carbocycles. The average molecular weight is 448 g/mol. The lowest BCUT2D eigenvalue weighted by Crippen LogP contribution is -2.27. The fourth-order valence-electron chi connectivity index (χ4n) is 3.84. The van der Waals surface area contributed by atoms with Crippen molar-refractivity contribution in [1.29, 1.82) is 0 Å². The maximum Gasteiger partial charge on any atom is 0.132 e. The van der Waals surface area contributed by atoms with Gasteiger partial charge in [-0.2, -0.15) is 0 Å². The molecule has 0 aliphatic rings. The summed E-state index contributed by atoms with van der Waals surface area (Å²) in [4.78, 5) is 4.43. The molecule has 5 nitrogen and oxygen atoms in total. The predicted molar refractivity (Wildman–Crippen MR) is 129 cm³/mol. The van der Waals surface area contributed by atoms with E-state index in [1.54, 1.807) is 12.1 Å². The van der Waals surface area contributed by atoms with E-state index in [2.05, 4.69) is 27.9 Å². The van der Waals surface area contributed by atoms with E-state index in [0.717, 1.165) is 36.1 Å². The number of benzene rings is 3. The minimum atomic E-state index is -0.919. The van der Waals surface area contributed by atoms with Gasteiger partial charge in [0.05, 0.1) is 23.5 Å². The number of nitrogens with zero attached hydrogens (tertiary/aromatic N) is 2. The van der Waals surface area contributed by atoms with Gasteiger partial charge in [-0.3, -0.25) is 0 Å². The van der Waals surface area contributed by atoms with Crippen molar-refractivity contribution in [2.24, 2.45) is 5.92 Å². The Morgan fingerprint density at radius 1 is 1.03 bits per heavy atom. The summed E-state index contributed by atoms with van der Waals surface area (Å²) < 4.78 is 22.4. The third-order valence-electron chi connectivity index (χ3n) is 5.80. The molecule has 2 N–H and O–H groups in total. The van der Waals surface area contributed by atoms with E-state index in [9.17, 15) is 9.50 Å². The first-order valence-corrected chi connectivity index (χ1v) is 11.3. The van der Waals surface area contributed by atoms with Crippen LogP contribution in [0.5, 0.6) is 5.75 Å². The topological polar surface area (TPSA) is 59.3 Å². The first-order valence-electron chi connectivity index (χ1n) is 11.3. The molecule has 4 aromatic rings. The Hall–Kier alpha value is -3.22. The van der Waals surface area contributed by atoms with Crippen molar-refractivity contribution in [3.8, 4) is 5.75 Å². The minimum Gasteiger partial charge on any atom is -0.489 e. The summed E-state index contributed by atoms with van der Waals surface area (Å²) in [5.74, 6) is 0.382. The van der Waals surface area contributed by atoms with Crippen LogP contribution < -0.4 is 10.1 Å².